The van der Waals surface area contributed by atoms with Crippen LogP contribution in [0.5, 0.6) is 5.75 Å². The molecule has 0 saturated heterocycles. The van der Waals surface area contributed by atoms with Crippen LogP contribution in [0.15, 0.2) is 28.7 Å². The lowest BCUT2D eigenvalue weighted by atomic mass is 10.1. The number of nitrogens with zero attached hydrogens (tertiary/aromatic N) is 1. The first-order valence-corrected chi connectivity index (χ1v) is 6.42. The van der Waals surface area contributed by atoms with Gasteiger partial charge in [-0.3, -0.25) is 0 Å². The Balaban J connectivity index is 2.04. The zero-order valence-corrected chi connectivity index (χ0v) is 11.3. The highest BCUT2D eigenvalue weighted by Gasteiger charge is 2.10. The number of rotatable bonds is 6. The maximum atomic E-state index is 8.93. The normalized spacial score (nSPS) is 10.7. The Labute approximate surface area is 113 Å². The molecule has 0 spiro atoms. The van der Waals surface area contributed by atoms with Crippen LogP contribution in [0.25, 0.3) is 0 Å². The lowest BCUT2D eigenvalue weighted by molar-refractivity contribution is 0.297. The summed E-state index contributed by atoms with van der Waals surface area (Å²) in [6.07, 6.45) is 2.10. The highest BCUT2D eigenvalue weighted by Crippen LogP contribution is 2.20. The van der Waals surface area contributed by atoms with Gasteiger partial charge in [-0.1, -0.05) is 18.2 Å². The van der Waals surface area contributed by atoms with E-state index in [-0.39, 0.29) is 6.61 Å². The molecule has 2 rings (SSSR count). The number of benzene rings is 1. The lowest BCUT2D eigenvalue weighted by Crippen LogP contribution is -1.96. The quantitative estimate of drug-likeness (QED) is 0.867. The average molecular weight is 261 g/mol. The predicted octanol–water partition coefficient (Wildman–Crippen LogP) is 2.31. The second-order valence-electron chi connectivity index (χ2n) is 4.40. The van der Waals surface area contributed by atoms with Crippen molar-refractivity contribution in [3.63, 3.8) is 0 Å². The van der Waals surface area contributed by atoms with Gasteiger partial charge in [-0.05, 0) is 25.0 Å². The Morgan fingerprint density at radius 1 is 1.21 bits per heavy atom. The fourth-order valence-corrected chi connectivity index (χ4v) is 2.08. The van der Waals surface area contributed by atoms with Gasteiger partial charge in [0.15, 0.2) is 5.89 Å². The second-order valence-corrected chi connectivity index (χ2v) is 4.40. The van der Waals surface area contributed by atoms with Crippen molar-refractivity contribution in [1.82, 2.24) is 4.98 Å². The molecule has 1 aromatic heterocycles. The molecule has 0 radical (unpaired) electrons. The van der Waals surface area contributed by atoms with Gasteiger partial charge < -0.3 is 14.3 Å². The molecule has 0 aliphatic carbocycles. The van der Waals surface area contributed by atoms with Crippen LogP contribution in [-0.4, -0.2) is 23.8 Å². The molecule has 0 unspecified atom stereocenters. The summed E-state index contributed by atoms with van der Waals surface area (Å²) in [5, 5.41) is 8.93. The van der Waals surface area contributed by atoms with E-state index in [0.29, 0.717) is 12.3 Å². The fourth-order valence-electron chi connectivity index (χ4n) is 2.08. The van der Waals surface area contributed by atoms with Crippen LogP contribution in [0.1, 0.15) is 22.9 Å². The van der Waals surface area contributed by atoms with E-state index in [4.69, 9.17) is 14.3 Å². The Morgan fingerprint density at radius 3 is 2.74 bits per heavy atom. The van der Waals surface area contributed by atoms with Gasteiger partial charge in [-0.25, -0.2) is 4.98 Å². The van der Waals surface area contributed by atoms with E-state index in [1.54, 1.807) is 7.11 Å². The van der Waals surface area contributed by atoms with Gasteiger partial charge in [0, 0.05) is 19.4 Å². The minimum atomic E-state index is 0.0965. The number of hydrogen-bond acceptors (Lipinski definition) is 4. The molecule has 0 aliphatic rings. The topological polar surface area (TPSA) is 55.5 Å². The third-order valence-corrected chi connectivity index (χ3v) is 3.09. The molecule has 0 atom stereocenters. The monoisotopic (exact) mass is 261 g/mol. The summed E-state index contributed by atoms with van der Waals surface area (Å²) in [6, 6.07) is 7.95. The van der Waals surface area contributed by atoms with Crippen molar-refractivity contribution >= 4 is 0 Å². The van der Waals surface area contributed by atoms with Crippen LogP contribution in [0.2, 0.25) is 0 Å². The van der Waals surface area contributed by atoms with Gasteiger partial charge in [0.25, 0.3) is 0 Å². The van der Waals surface area contributed by atoms with Crippen molar-refractivity contribution in [2.24, 2.45) is 0 Å². The molecule has 1 heterocycles. The maximum absolute atomic E-state index is 8.93. The Bertz CT molecular complexity index is 534. The first-order chi connectivity index (χ1) is 9.24. The van der Waals surface area contributed by atoms with Gasteiger partial charge in [0.1, 0.15) is 11.5 Å². The molecule has 0 amide bonds. The van der Waals surface area contributed by atoms with Crippen LogP contribution in [0, 0.1) is 6.92 Å². The smallest absolute Gasteiger partial charge is 0.194 e. The number of aliphatic hydroxyl groups is 1. The van der Waals surface area contributed by atoms with Crippen molar-refractivity contribution in [3.8, 4) is 5.75 Å². The number of oxazole rings is 1. The maximum Gasteiger partial charge on any atom is 0.194 e. The predicted molar refractivity (Wildman–Crippen MR) is 72.4 cm³/mol. The van der Waals surface area contributed by atoms with E-state index in [1.807, 2.05) is 31.2 Å². The van der Waals surface area contributed by atoms with Crippen molar-refractivity contribution in [3.05, 3.63) is 47.2 Å². The van der Waals surface area contributed by atoms with Gasteiger partial charge >= 0.3 is 0 Å². The molecule has 4 heteroatoms. The third-order valence-electron chi connectivity index (χ3n) is 3.09. The molecule has 19 heavy (non-hydrogen) atoms. The number of aryl methyl sites for hydroxylation is 3. The lowest BCUT2D eigenvalue weighted by Gasteiger charge is -2.06. The van der Waals surface area contributed by atoms with Gasteiger partial charge in [0.2, 0.25) is 0 Å². The summed E-state index contributed by atoms with van der Waals surface area (Å²) in [5.74, 6) is 2.40. The molecule has 1 aromatic carbocycles. The van der Waals surface area contributed by atoms with Crippen LogP contribution in [-0.2, 0) is 19.3 Å². The third kappa shape index (κ3) is 3.35. The van der Waals surface area contributed by atoms with Crippen molar-refractivity contribution < 1.29 is 14.3 Å². The fraction of sp³-hybridized carbons (Fsp3) is 0.400. The highest BCUT2D eigenvalue weighted by atomic mass is 16.5. The standard InChI is InChI=1S/C15H19NO3/c1-11-13(9-10-17)16-15(19-11)8-7-12-5-3-4-6-14(12)18-2/h3-6,17H,7-10H2,1-2H3. The molecule has 0 saturated carbocycles. The summed E-state index contributed by atoms with van der Waals surface area (Å²) >= 11 is 0. The van der Waals surface area contributed by atoms with Crippen molar-refractivity contribution in [2.75, 3.05) is 13.7 Å². The molecule has 0 bridgehead atoms. The minimum Gasteiger partial charge on any atom is -0.496 e. The van der Waals surface area contributed by atoms with Crippen LogP contribution >= 0.6 is 0 Å². The van der Waals surface area contributed by atoms with E-state index in [0.717, 1.165) is 35.6 Å². The zero-order valence-electron chi connectivity index (χ0n) is 11.3. The molecule has 0 fully saturated rings. The zero-order chi connectivity index (χ0) is 13.7. The summed E-state index contributed by atoms with van der Waals surface area (Å²) in [6.45, 7) is 1.98. The molecule has 102 valence electrons. The van der Waals surface area contributed by atoms with Gasteiger partial charge in [0.05, 0.1) is 12.8 Å². The highest BCUT2D eigenvalue weighted by molar-refractivity contribution is 5.33. The molecular weight excluding hydrogens is 242 g/mol. The average Bonchev–Trinajstić information content (AvgIpc) is 2.78. The van der Waals surface area contributed by atoms with E-state index < -0.39 is 0 Å². The summed E-state index contributed by atoms with van der Waals surface area (Å²) < 4.78 is 10.9. The number of ether oxygens (including phenoxy) is 1. The Hall–Kier alpha value is -1.81. The number of hydrogen-bond donors (Lipinski definition) is 1. The van der Waals surface area contributed by atoms with Crippen LogP contribution < -0.4 is 4.74 Å². The Kier molecular flexibility index (Phi) is 4.58. The second kappa shape index (κ2) is 6.38. The first-order valence-electron chi connectivity index (χ1n) is 6.42. The van der Waals surface area contributed by atoms with Crippen LogP contribution in [0.3, 0.4) is 0 Å². The summed E-state index contributed by atoms with van der Waals surface area (Å²) in [5.41, 5.74) is 1.99. The Morgan fingerprint density at radius 2 is 2.00 bits per heavy atom. The number of aliphatic hydroxyl groups excluding tert-OH is 1. The van der Waals surface area contributed by atoms with Gasteiger partial charge in [-0.2, -0.15) is 0 Å². The van der Waals surface area contributed by atoms with Crippen molar-refractivity contribution in [2.45, 2.75) is 26.2 Å². The number of para-hydroxylation sites is 1. The van der Waals surface area contributed by atoms with E-state index in [1.165, 1.54) is 0 Å². The summed E-state index contributed by atoms with van der Waals surface area (Å²) in [7, 11) is 1.67. The molecule has 1 N–H and O–H groups in total. The number of aromatic nitrogens is 1. The van der Waals surface area contributed by atoms with E-state index in [2.05, 4.69) is 4.98 Å². The van der Waals surface area contributed by atoms with E-state index >= 15 is 0 Å². The molecule has 0 aliphatic heterocycles. The van der Waals surface area contributed by atoms with Gasteiger partial charge in [-0.15, -0.1) is 0 Å². The minimum absolute atomic E-state index is 0.0965. The first kappa shape index (κ1) is 13.6. The largest absolute Gasteiger partial charge is 0.496 e. The molecule has 2 aromatic rings. The molecule has 4 nitrogen and oxygen atoms in total. The van der Waals surface area contributed by atoms with Crippen LogP contribution in [0.4, 0.5) is 0 Å². The molecular formula is C15H19NO3. The number of methoxy groups -OCH3 is 1. The summed E-state index contributed by atoms with van der Waals surface area (Å²) in [4.78, 5) is 4.40. The van der Waals surface area contributed by atoms with Crippen molar-refractivity contribution in [1.29, 1.82) is 0 Å². The SMILES string of the molecule is COc1ccccc1CCc1nc(CCO)c(C)o1. The van der Waals surface area contributed by atoms with E-state index in [9.17, 15) is 0 Å².